The van der Waals surface area contributed by atoms with Crippen LogP contribution < -0.4 is 5.32 Å². The molecule has 4 heteroatoms. The first-order valence-electron chi connectivity index (χ1n) is 6.79. The van der Waals surface area contributed by atoms with Gasteiger partial charge in [-0.1, -0.05) is 17.7 Å². The fourth-order valence-electron chi connectivity index (χ4n) is 2.62. The average molecular weight is 283 g/mol. The third kappa shape index (κ3) is 3.71. The van der Waals surface area contributed by atoms with Crippen LogP contribution in [0.1, 0.15) is 37.0 Å². The van der Waals surface area contributed by atoms with E-state index in [9.17, 15) is 4.79 Å². The summed E-state index contributed by atoms with van der Waals surface area (Å²) in [6, 6.07) is 6.90. The molecular weight excluding hydrogens is 262 g/mol. The van der Waals surface area contributed by atoms with Crippen LogP contribution in [0.25, 0.3) is 0 Å². The van der Waals surface area contributed by atoms with Gasteiger partial charge in [-0.3, -0.25) is 0 Å². The second kappa shape index (κ2) is 5.93. The summed E-state index contributed by atoms with van der Waals surface area (Å²) in [5.74, 6) is 0.141. The smallest absolute Gasteiger partial charge is 0.338 e. The third-order valence-corrected chi connectivity index (χ3v) is 4.07. The minimum absolute atomic E-state index is 0.290. The molecule has 0 saturated carbocycles. The van der Waals surface area contributed by atoms with E-state index in [1.54, 1.807) is 24.3 Å². The van der Waals surface area contributed by atoms with Gasteiger partial charge in [0, 0.05) is 23.8 Å². The van der Waals surface area contributed by atoms with E-state index in [0.717, 1.165) is 25.9 Å². The number of quaternary nitrogens is 1. The van der Waals surface area contributed by atoms with Crippen LogP contribution in [0.4, 0.5) is 0 Å². The van der Waals surface area contributed by atoms with Crippen LogP contribution in [0.3, 0.4) is 0 Å². The lowest BCUT2D eigenvalue weighted by Crippen LogP contribution is -2.86. The number of esters is 1. The van der Waals surface area contributed by atoms with Crippen LogP contribution in [0.2, 0.25) is 5.02 Å². The molecule has 104 valence electrons. The molecule has 0 radical (unpaired) electrons. The van der Waals surface area contributed by atoms with Gasteiger partial charge in [0.15, 0.2) is 0 Å². The molecule has 2 N–H and O–H groups in total. The van der Waals surface area contributed by atoms with E-state index >= 15 is 0 Å². The number of carbonyl (C=O) groups is 1. The van der Waals surface area contributed by atoms with E-state index in [0.29, 0.717) is 16.5 Å². The summed E-state index contributed by atoms with van der Waals surface area (Å²) < 4.78 is 5.71. The van der Waals surface area contributed by atoms with Crippen molar-refractivity contribution in [3.8, 4) is 0 Å². The summed E-state index contributed by atoms with van der Waals surface area (Å²) in [6.07, 6.45) is 2.19. The number of halogens is 1. The lowest BCUT2D eigenvalue weighted by Gasteiger charge is -2.35. The standard InChI is InChI=1S/C15H20ClNO2/c1-15(2,12-6-8-17-9-7-12)19-14(18)11-4-3-5-13(16)10-11/h3-5,10,12,17H,6-9H2,1-2H3/p+1. The highest BCUT2D eigenvalue weighted by Gasteiger charge is 2.35. The second-order valence-corrected chi connectivity index (χ2v) is 6.08. The molecule has 0 amide bonds. The summed E-state index contributed by atoms with van der Waals surface area (Å²) in [6.45, 7) is 6.24. The zero-order chi connectivity index (χ0) is 13.9. The molecule has 1 aliphatic heterocycles. The predicted octanol–water partition coefficient (Wildman–Crippen LogP) is 2.25. The lowest BCUT2D eigenvalue weighted by molar-refractivity contribution is -0.665. The number of rotatable bonds is 3. The van der Waals surface area contributed by atoms with E-state index in [-0.39, 0.29) is 5.97 Å². The Hall–Kier alpha value is -1.06. The topological polar surface area (TPSA) is 42.9 Å². The van der Waals surface area contributed by atoms with Gasteiger partial charge < -0.3 is 10.1 Å². The third-order valence-electron chi connectivity index (χ3n) is 3.84. The summed E-state index contributed by atoms with van der Waals surface area (Å²) in [5, 5.41) is 2.87. The molecular formula is C15H21ClNO2+. The molecule has 0 spiro atoms. The van der Waals surface area contributed by atoms with Crippen LogP contribution in [0, 0.1) is 5.92 Å². The normalized spacial score (nSPS) is 17.2. The number of ether oxygens (including phenoxy) is 1. The highest BCUT2D eigenvalue weighted by Crippen LogP contribution is 2.29. The molecule has 1 fully saturated rings. The quantitative estimate of drug-likeness (QED) is 0.864. The zero-order valence-electron chi connectivity index (χ0n) is 11.5. The maximum Gasteiger partial charge on any atom is 0.338 e. The van der Waals surface area contributed by atoms with Crippen LogP contribution in [-0.4, -0.2) is 24.7 Å². The Balaban J connectivity index is 2.04. The molecule has 1 aliphatic rings. The van der Waals surface area contributed by atoms with Crippen molar-refractivity contribution in [1.82, 2.24) is 0 Å². The van der Waals surface area contributed by atoms with Crippen molar-refractivity contribution >= 4 is 17.6 Å². The summed E-state index contributed by atoms with van der Waals surface area (Å²) in [4.78, 5) is 12.2. The Labute approximate surface area is 119 Å². The van der Waals surface area contributed by atoms with Gasteiger partial charge in [-0.25, -0.2) is 4.79 Å². The number of carbonyl (C=O) groups excluding carboxylic acids is 1. The van der Waals surface area contributed by atoms with Crippen molar-refractivity contribution in [3.05, 3.63) is 34.9 Å². The fraction of sp³-hybridized carbons (Fsp3) is 0.533. The first kappa shape index (κ1) is 14.4. The summed E-state index contributed by atoms with van der Waals surface area (Å²) in [7, 11) is 0. The van der Waals surface area contributed by atoms with Gasteiger partial charge in [-0.05, 0) is 32.0 Å². The van der Waals surface area contributed by atoms with Crippen molar-refractivity contribution in [2.45, 2.75) is 32.3 Å². The van der Waals surface area contributed by atoms with E-state index in [1.807, 2.05) is 13.8 Å². The Kier molecular flexibility index (Phi) is 4.48. The van der Waals surface area contributed by atoms with Gasteiger partial charge in [0.2, 0.25) is 0 Å². The highest BCUT2D eigenvalue weighted by atomic mass is 35.5. The molecule has 1 aromatic carbocycles. The van der Waals surface area contributed by atoms with Crippen LogP contribution in [0.15, 0.2) is 24.3 Å². The van der Waals surface area contributed by atoms with E-state index in [2.05, 4.69) is 5.32 Å². The van der Waals surface area contributed by atoms with E-state index in [4.69, 9.17) is 16.3 Å². The Morgan fingerprint density at radius 1 is 1.37 bits per heavy atom. The summed E-state index contributed by atoms with van der Waals surface area (Å²) in [5.41, 5.74) is 0.0937. The minimum Gasteiger partial charge on any atom is -0.456 e. The predicted molar refractivity (Wildman–Crippen MR) is 75.3 cm³/mol. The van der Waals surface area contributed by atoms with Crippen molar-refractivity contribution in [1.29, 1.82) is 0 Å². The maximum atomic E-state index is 12.2. The van der Waals surface area contributed by atoms with Gasteiger partial charge in [-0.15, -0.1) is 0 Å². The summed E-state index contributed by atoms with van der Waals surface area (Å²) >= 11 is 5.90. The molecule has 0 bridgehead atoms. The van der Waals surface area contributed by atoms with Gasteiger partial charge in [-0.2, -0.15) is 0 Å². The zero-order valence-corrected chi connectivity index (χ0v) is 12.2. The molecule has 0 atom stereocenters. The Morgan fingerprint density at radius 2 is 2.05 bits per heavy atom. The van der Waals surface area contributed by atoms with Crippen molar-refractivity contribution in [2.75, 3.05) is 13.1 Å². The first-order chi connectivity index (χ1) is 8.99. The number of nitrogens with two attached hydrogens (primary N) is 1. The van der Waals surface area contributed by atoms with Crippen molar-refractivity contribution < 1.29 is 14.8 Å². The Bertz CT molecular complexity index is 453. The molecule has 2 rings (SSSR count). The SMILES string of the molecule is CC(C)(OC(=O)c1cccc(Cl)c1)C1CC[NH2+]CC1. The molecule has 19 heavy (non-hydrogen) atoms. The first-order valence-corrected chi connectivity index (χ1v) is 7.17. The molecule has 1 saturated heterocycles. The number of hydrogen-bond donors (Lipinski definition) is 1. The Morgan fingerprint density at radius 3 is 2.68 bits per heavy atom. The second-order valence-electron chi connectivity index (χ2n) is 5.64. The molecule has 0 aliphatic carbocycles. The number of piperidine rings is 1. The molecule has 0 aromatic heterocycles. The largest absolute Gasteiger partial charge is 0.456 e. The maximum absolute atomic E-state index is 12.2. The van der Waals surface area contributed by atoms with E-state index < -0.39 is 5.60 Å². The van der Waals surface area contributed by atoms with E-state index in [1.165, 1.54) is 0 Å². The van der Waals surface area contributed by atoms with Crippen LogP contribution >= 0.6 is 11.6 Å². The molecule has 0 unspecified atom stereocenters. The van der Waals surface area contributed by atoms with Crippen LogP contribution in [-0.2, 0) is 4.74 Å². The molecule has 1 aromatic rings. The minimum atomic E-state index is -0.423. The van der Waals surface area contributed by atoms with Gasteiger partial charge in [0.1, 0.15) is 5.60 Å². The molecule has 3 nitrogen and oxygen atoms in total. The van der Waals surface area contributed by atoms with Crippen molar-refractivity contribution in [2.24, 2.45) is 5.92 Å². The van der Waals surface area contributed by atoms with Crippen LogP contribution in [0.5, 0.6) is 0 Å². The van der Waals surface area contributed by atoms with Gasteiger partial charge >= 0.3 is 5.97 Å². The van der Waals surface area contributed by atoms with Gasteiger partial charge in [0.05, 0.1) is 18.7 Å². The fourth-order valence-corrected chi connectivity index (χ4v) is 2.81. The monoisotopic (exact) mass is 282 g/mol. The number of benzene rings is 1. The lowest BCUT2D eigenvalue weighted by atomic mass is 9.83. The average Bonchev–Trinajstić information content (AvgIpc) is 2.39. The molecule has 1 heterocycles. The number of hydrogen-bond acceptors (Lipinski definition) is 2. The van der Waals surface area contributed by atoms with Gasteiger partial charge in [0.25, 0.3) is 0 Å². The van der Waals surface area contributed by atoms with Crippen molar-refractivity contribution in [3.63, 3.8) is 0 Å². The highest BCUT2D eigenvalue weighted by molar-refractivity contribution is 6.30.